The van der Waals surface area contributed by atoms with Gasteiger partial charge in [0.15, 0.2) is 11.5 Å². The van der Waals surface area contributed by atoms with Gasteiger partial charge in [-0.05, 0) is 48.4 Å². The van der Waals surface area contributed by atoms with Crippen LogP contribution in [0.5, 0.6) is 0 Å². The Labute approximate surface area is 150 Å². The van der Waals surface area contributed by atoms with E-state index in [1.54, 1.807) is 24.5 Å². The standard InChI is InChI=1S/C18H16ClN5O/c1-12-4-5-14(19)9-16(12)22-17-7-6-15(23-24-17)18(25)21-11-13-3-2-8-20-10-13/h2-10H,11H2,1H3,(H,21,25)(H,22,24). The maximum atomic E-state index is 12.1. The molecule has 25 heavy (non-hydrogen) atoms. The fourth-order valence-electron chi connectivity index (χ4n) is 2.16. The van der Waals surface area contributed by atoms with Crippen molar-refractivity contribution in [3.05, 3.63) is 76.7 Å². The maximum Gasteiger partial charge on any atom is 0.272 e. The van der Waals surface area contributed by atoms with Crippen LogP contribution in [0.15, 0.2) is 54.9 Å². The van der Waals surface area contributed by atoms with Crippen molar-refractivity contribution in [1.82, 2.24) is 20.5 Å². The fourth-order valence-corrected chi connectivity index (χ4v) is 2.33. The molecule has 0 aliphatic carbocycles. The highest BCUT2D eigenvalue weighted by atomic mass is 35.5. The first-order valence-corrected chi connectivity index (χ1v) is 8.03. The van der Waals surface area contributed by atoms with Crippen molar-refractivity contribution in [2.45, 2.75) is 13.5 Å². The molecule has 0 radical (unpaired) electrons. The zero-order valence-corrected chi connectivity index (χ0v) is 14.3. The summed E-state index contributed by atoms with van der Waals surface area (Å²) in [5.41, 5.74) is 3.04. The Bertz CT molecular complexity index is 868. The Morgan fingerprint density at radius 1 is 1.16 bits per heavy atom. The molecule has 0 bridgehead atoms. The third-order valence-corrected chi connectivity index (χ3v) is 3.77. The summed E-state index contributed by atoms with van der Waals surface area (Å²) in [4.78, 5) is 16.1. The second kappa shape index (κ2) is 7.72. The smallest absolute Gasteiger partial charge is 0.272 e. The van der Waals surface area contributed by atoms with Gasteiger partial charge < -0.3 is 10.6 Å². The average molecular weight is 354 g/mol. The van der Waals surface area contributed by atoms with E-state index in [4.69, 9.17) is 11.6 Å². The molecule has 7 heteroatoms. The van der Waals surface area contributed by atoms with E-state index in [1.165, 1.54) is 0 Å². The highest BCUT2D eigenvalue weighted by Crippen LogP contribution is 2.22. The Hall–Kier alpha value is -2.99. The number of hydrogen-bond donors (Lipinski definition) is 2. The minimum absolute atomic E-state index is 0.247. The van der Waals surface area contributed by atoms with E-state index >= 15 is 0 Å². The molecule has 0 saturated heterocycles. The molecule has 3 aromatic rings. The zero-order chi connectivity index (χ0) is 17.6. The van der Waals surface area contributed by atoms with Gasteiger partial charge in [0.05, 0.1) is 0 Å². The molecule has 0 aliphatic rings. The number of aryl methyl sites for hydroxylation is 1. The predicted molar refractivity (Wildman–Crippen MR) is 96.9 cm³/mol. The Balaban J connectivity index is 1.63. The summed E-state index contributed by atoms with van der Waals surface area (Å²) in [5.74, 6) is 0.246. The fraction of sp³-hybridized carbons (Fsp3) is 0.111. The normalized spacial score (nSPS) is 10.3. The number of pyridine rings is 1. The monoisotopic (exact) mass is 353 g/mol. The molecule has 1 aromatic carbocycles. The van der Waals surface area contributed by atoms with Gasteiger partial charge in [0.25, 0.3) is 5.91 Å². The van der Waals surface area contributed by atoms with Gasteiger partial charge in [0, 0.05) is 29.6 Å². The van der Waals surface area contributed by atoms with Crippen molar-refractivity contribution in [3.8, 4) is 0 Å². The Morgan fingerprint density at radius 2 is 2.04 bits per heavy atom. The third kappa shape index (κ3) is 4.51. The van der Waals surface area contributed by atoms with Gasteiger partial charge in [-0.1, -0.05) is 23.7 Å². The minimum Gasteiger partial charge on any atom is -0.347 e. The number of aromatic nitrogens is 3. The molecule has 126 valence electrons. The molecule has 1 amide bonds. The molecular formula is C18H16ClN5O. The topological polar surface area (TPSA) is 79.8 Å². The summed E-state index contributed by atoms with van der Waals surface area (Å²) in [6.45, 7) is 2.35. The van der Waals surface area contributed by atoms with E-state index in [1.807, 2.05) is 37.3 Å². The van der Waals surface area contributed by atoms with E-state index in [0.717, 1.165) is 16.8 Å². The molecule has 6 nitrogen and oxygen atoms in total. The number of halogens is 1. The number of nitrogens with zero attached hydrogens (tertiary/aromatic N) is 3. The van der Waals surface area contributed by atoms with Gasteiger partial charge >= 0.3 is 0 Å². The van der Waals surface area contributed by atoms with Crippen LogP contribution in [-0.4, -0.2) is 21.1 Å². The summed E-state index contributed by atoms with van der Waals surface area (Å²) in [5, 5.41) is 14.6. The SMILES string of the molecule is Cc1ccc(Cl)cc1Nc1ccc(C(=O)NCc2cccnc2)nn1. The molecular weight excluding hydrogens is 338 g/mol. The molecule has 0 spiro atoms. The largest absolute Gasteiger partial charge is 0.347 e. The average Bonchev–Trinajstić information content (AvgIpc) is 2.64. The van der Waals surface area contributed by atoms with Crippen molar-refractivity contribution in [2.24, 2.45) is 0 Å². The van der Waals surface area contributed by atoms with Crippen LogP contribution < -0.4 is 10.6 Å². The number of nitrogens with one attached hydrogen (secondary N) is 2. The molecule has 0 fully saturated rings. The second-order valence-electron chi connectivity index (χ2n) is 5.43. The van der Waals surface area contributed by atoms with Crippen LogP contribution in [0.1, 0.15) is 21.6 Å². The minimum atomic E-state index is -0.290. The second-order valence-corrected chi connectivity index (χ2v) is 5.87. The number of anilines is 2. The molecule has 0 aliphatic heterocycles. The molecule has 2 N–H and O–H groups in total. The van der Waals surface area contributed by atoms with Crippen molar-refractivity contribution in [3.63, 3.8) is 0 Å². The number of benzene rings is 1. The van der Waals surface area contributed by atoms with Gasteiger partial charge in [0.1, 0.15) is 0 Å². The number of hydrogen-bond acceptors (Lipinski definition) is 5. The van der Waals surface area contributed by atoms with E-state index in [9.17, 15) is 4.79 Å². The lowest BCUT2D eigenvalue weighted by Gasteiger charge is -2.09. The summed E-state index contributed by atoms with van der Waals surface area (Å²) in [7, 11) is 0. The van der Waals surface area contributed by atoms with Gasteiger partial charge in [-0.3, -0.25) is 9.78 Å². The van der Waals surface area contributed by atoms with E-state index in [-0.39, 0.29) is 11.6 Å². The lowest BCUT2D eigenvalue weighted by Crippen LogP contribution is -2.24. The molecule has 0 saturated carbocycles. The van der Waals surface area contributed by atoms with E-state index in [0.29, 0.717) is 17.4 Å². The van der Waals surface area contributed by atoms with Crippen molar-refractivity contribution in [1.29, 1.82) is 0 Å². The molecule has 2 heterocycles. The van der Waals surface area contributed by atoms with E-state index in [2.05, 4.69) is 25.8 Å². The first-order valence-electron chi connectivity index (χ1n) is 7.66. The van der Waals surface area contributed by atoms with E-state index < -0.39 is 0 Å². The summed E-state index contributed by atoms with van der Waals surface area (Å²) in [6.07, 6.45) is 3.39. The van der Waals surface area contributed by atoms with Crippen LogP contribution >= 0.6 is 11.6 Å². The molecule has 2 aromatic heterocycles. The van der Waals surface area contributed by atoms with Gasteiger partial charge in [-0.15, -0.1) is 10.2 Å². The lowest BCUT2D eigenvalue weighted by atomic mass is 10.2. The van der Waals surface area contributed by atoms with Crippen LogP contribution in [-0.2, 0) is 6.54 Å². The molecule has 3 rings (SSSR count). The van der Waals surface area contributed by atoms with Crippen molar-refractivity contribution in [2.75, 3.05) is 5.32 Å². The van der Waals surface area contributed by atoms with Crippen LogP contribution in [0.3, 0.4) is 0 Å². The van der Waals surface area contributed by atoms with Crippen molar-refractivity contribution < 1.29 is 4.79 Å². The van der Waals surface area contributed by atoms with Crippen LogP contribution in [0, 0.1) is 6.92 Å². The zero-order valence-electron chi connectivity index (χ0n) is 13.5. The maximum absolute atomic E-state index is 12.1. The predicted octanol–water partition coefficient (Wildman–Crippen LogP) is 3.51. The van der Waals surface area contributed by atoms with Gasteiger partial charge in [-0.2, -0.15) is 0 Å². The number of amides is 1. The highest BCUT2D eigenvalue weighted by molar-refractivity contribution is 6.30. The summed E-state index contributed by atoms with van der Waals surface area (Å²) < 4.78 is 0. The first kappa shape index (κ1) is 16.9. The number of carbonyl (C=O) groups excluding carboxylic acids is 1. The number of carbonyl (C=O) groups is 1. The van der Waals surface area contributed by atoms with Gasteiger partial charge in [0.2, 0.25) is 0 Å². The van der Waals surface area contributed by atoms with Crippen LogP contribution in [0.25, 0.3) is 0 Å². The lowest BCUT2D eigenvalue weighted by molar-refractivity contribution is 0.0945. The first-order chi connectivity index (χ1) is 12.1. The summed E-state index contributed by atoms with van der Waals surface area (Å²) >= 11 is 6.00. The van der Waals surface area contributed by atoms with Crippen LogP contribution in [0.4, 0.5) is 11.5 Å². The molecule has 0 atom stereocenters. The van der Waals surface area contributed by atoms with Gasteiger partial charge in [-0.25, -0.2) is 0 Å². The quantitative estimate of drug-likeness (QED) is 0.733. The number of rotatable bonds is 5. The highest BCUT2D eigenvalue weighted by Gasteiger charge is 2.09. The Kier molecular flexibility index (Phi) is 5.20. The Morgan fingerprint density at radius 3 is 2.76 bits per heavy atom. The summed E-state index contributed by atoms with van der Waals surface area (Å²) in [6, 6.07) is 12.6. The third-order valence-electron chi connectivity index (χ3n) is 3.54. The van der Waals surface area contributed by atoms with Crippen molar-refractivity contribution >= 4 is 29.0 Å². The molecule has 0 unspecified atom stereocenters. The van der Waals surface area contributed by atoms with Crippen LogP contribution in [0.2, 0.25) is 5.02 Å².